The molecule has 0 atom stereocenters. The van der Waals surface area contributed by atoms with Gasteiger partial charge in [-0.3, -0.25) is 4.79 Å². The summed E-state index contributed by atoms with van der Waals surface area (Å²) < 4.78 is 7.33. The van der Waals surface area contributed by atoms with Gasteiger partial charge in [0.25, 0.3) is 0 Å². The third-order valence-electron chi connectivity index (χ3n) is 5.63. The first kappa shape index (κ1) is 23.4. The number of nitrogens with zero attached hydrogens (tertiary/aromatic N) is 5. The van der Waals surface area contributed by atoms with Crippen molar-refractivity contribution in [1.82, 2.24) is 25.1 Å². The minimum atomic E-state index is -0.0125. The lowest BCUT2D eigenvalue weighted by Gasteiger charge is -2.28. The fourth-order valence-corrected chi connectivity index (χ4v) is 4.60. The maximum atomic E-state index is 12.4. The molecule has 1 aliphatic heterocycles. The Balaban J connectivity index is 1.40. The van der Waals surface area contributed by atoms with E-state index in [9.17, 15) is 4.79 Å². The number of amides is 1. The zero-order chi connectivity index (χ0) is 23.0. The highest BCUT2D eigenvalue weighted by Gasteiger charge is 2.20. The van der Waals surface area contributed by atoms with Crippen molar-refractivity contribution in [2.75, 3.05) is 36.9 Å². The molecule has 176 valence electrons. The van der Waals surface area contributed by atoms with E-state index in [1.807, 2.05) is 42.1 Å². The van der Waals surface area contributed by atoms with Gasteiger partial charge in [-0.1, -0.05) is 30.8 Å². The van der Waals surface area contributed by atoms with Crippen LogP contribution in [0.15, 0.2) is 35.6 Å². The Bertz CT molecular complexity index is 1060. The van der Waals surface area contributed by atoms with Crippen LogP contribution in [0, 0.1) is 0 Å². The molecule has 1 saturated heterocycles. The number of nitrogens with one attached hydrogen (secondary N) is 1. The Hall–Kier alpha value is -2.81. The lowest BCUT2D eigenvalue weighted by Crippen LogP contribution is -2.30. The maximum Gasteiger partial charge on any atom is 0.224 e. The first-order valence-electron chi connectivity index (χ1n) is 11.8. The fourth-order valence-electron chi connectivity index (χ4n) is 4.04. The molecule has 0 saturated carbocycles. The van der Waals surface area contributed by atoms with Crippen molar-refractivity contribution in [1.29, 1.82) is 0 Å². The molecule has 0 aliphatic carbocycles. The van der Waals surface area contributed by atoms with Crippen molar-refractivity contribution < 1.29 is 9.53 Å². The van der Waals surface area contributed by atoms with E-state index in [2.05, 4.69) is 22.2 Å². The molecular weight excluding hydrogens is 436 g/mol. The molecule has 9 heteroatoms. The topological polar surface area (TPSA) is 85.2 Å². The molecule has 0 radical (unpaired) electrons. The molecule has 3 heterocycles. The molecule has 1 amide bonds. The highest BCUT2D eigenvalue weighted by Crippen LogP contribution is 2.29. The van der Waals surface area contributed by atoms with E-state index in [0.717, 1.165) is 52.2 Å². The summed E-state index contributed by atoms with van der Waals surface area (Å²) >= 11 is 1.65. The third-order valence-corrected chi connectivity index (χ3v) is 6.36. The minimum Gasteiger partial charge on any atom is -0.494 e. The van der Waals surface area contributed by atoms with Gasteiger partial charge in [-0.2, -0.15) is 5.10 Å². The standard InChI is InChI=1S/C24H32N6O2S/c1-3-32-19-10-8-18(9-11-19)16-21(31)25-12-15-30-23-20(17-26-30)22(27-24(28-23)33-4-2)29-13-6-5-7-14-29/h8-11,17H,3-7,12-16H2,1-2H3,(H,25,31). The number of anilines is 1. The molecule has 4 rings (SSSR count). The summed E-state index contributed by atoms with van der Waals surface area (Å²) in [5.74, 6) is 2.71. The fraction of sp³-hybridized carbons (Fsp3) is 0.500. The summed E-state index contributed by atoms with van der Waals surface area (Å²) in [7, 11) is 0. The molecule has 0 bridgehead atoms. The van der Waals surface area contributed by atoms with Crippen molar-refractivity contribution in [3.8, 4) is 5.75 Å². The van der Waals surface area contributed by atoms with Gasteiger partial charge in [-0.15, -0.1) is 0 Å². The van der Waals surface area contributed by atoms with Gasteiger partial charge in [0, 0.05) is 19.6 Å². The average molecular weight is 469 g/mol. The van der Waals surface area contributed by atoms with Gasteiger partial charge in [0.15, 0.2) is 10.8 Å². The Kier molecular flexibility index (Phi) is 8.04. The molecule has 3 aromatic rings. The second kappa shape index (κ2) is 11.4. The van der Waals surface area contributed by atoms with Crippen LogP contribution in [0.1, 0.15) is 38.7 Å². The van der Waals surface area contributed by atoms with Gasteiger partial charge in [0.05, 0.1) is 31.2 Å². The first-order valence-corrected chi connectivity index (χ1v) is 12.8. The number of benzene rings is 1. The van der Waals surface area contributed by atoms with E-state index in [0.29, 0.717) is 26.1 Å². The zero-order valence-electron chi connectivity index (χ0n) is 19.4. The third kappa shape index (κ3) is 5.96. The van der Waals surface area contributed by atoms with Crippen LogP contribution in [0.3, 0.4) is 0 Å². The zero-order valence-corrected chi connectivity index (χ0v) is 20.2. The van der Waals surface area contributed by atoms with Crippen molar-refractivity contribution in [2.24, 2.45) is 0 Å². The summed E-state index contributed by atoms with van der Waals surface area (Å²) in [6, 6.07) is 7.65. The number of piperidine rings is 1. The highest BCUT2D eigenvalue weighted by molar-refractivity contribution is 7.99. The van der Waals surface area contributed by atoms with Gasteiger partial charge in [0.2, 0.25) is 5.91 Å². The smallest absolute Gasteiger partial charge is 0.224 e. The van der Waals surface area contributed by atoms with Gasteiger partial charge in [0.1, 0.15) is 11.6 Å². The lowest BCUT2D eigenvalue weighted by atomic mass is 10.1. The summed E-state index contributed by atoms with van der Waals surface area (Å²) in [4.78, 5) is 24.4. The number of hydrogen-bond donors (Lipinski definition) is 1. The number of hydrogen-bond acceptors (Lipinski definition) is 7. The Labute approximate surface area is 199 Å². The SMILES string of the molecule is CCOc1ccc(CC(=O)NCCn2ncc3c(N4CCCCC4)nc(SCC)nc32)cc1. The van der Waals surface area contributed by atoms with Crippen LogP contribution in [-0.2, 0) is 17.8 Å². The number of aromatic nitrogens is 4. The summed E-state index contributed by atoms with van der Waals surface area (Å²) in [5.41, 5.74) is 1.79. The van der Waals surface area contributed by atoms with Crippen LogP contribution in [0.4, 0.5) is 5.82 Å². The molecule has 0 spiro atoms. The molecule has 1 aliphatic rings. The van der Waals surface area contributed by atoms with E-state index < -0.39 is 0 Å². The van der Waals surface area contributed by atoms with E-state index in [4.69, 9.17) is 14.7 Å². The number of rotatable bonds is 10. The molecule has 1 fully saturated rings. The molecule has 0 unspecified atom stereocenters. The van der Waals surface area contributed by atoms with Crippen LogP contribution >= 0.6 is 11.8 Å². The number of thioether (sulfide) groups is 1. The number of carbonyl (C=O) groups is 1. The highest BCUT2D eigenvalue weighted by atomic mass is 32.2. The minimum absolute atomic E-state index is 0.0125. The Morgan fingerprint density at radius 1 is 1.12 bits per heavy atom. The average Bonchev–Trinajstić information content (AvgIpc) is 3.24. The first-order chi connectivity index (χ1) is 16.2. The normalized spacial score (nSPS) is 13.9. The summed E-state index contributed by atoms with van der Waals surface area (Å²) in [5, 5.41) is 9.34. The summed E-state index contributed by atoms with van der Waals surface area (Å²) in [6.45, 7) is 7.79. The van der Waals surface area contributed by atoms with Crippen LogP contribution < -0.4 is 15.0 Å². The van der Waals surface area contributed by atoms with Gasteiger partial charge < -0.3 is 15.0 Å². The predicted molar refractivity (Wildman–Crippen MR) is 132 cm³/mol. The Morgan fingerprint density at radius 2 is 1.91 bits per heavy atom. The monoisotopic (exact) mass is 468 g/mol. The van der Waals surface area contributed by atoms with Crippen LogP contribution in [0.2, 0.25) is 0 Å². The second-order valence-electron chi connectivity index (χ2n) is 8.02. The molecular formula is C24H32N6O2S. The maximum absolute atomic E-state index is 12.4. The molecule has 8 nitrogen and oxygen atoms in total. The van der Waals surface area contributed by atoms with Gasteiger partial charge in [-0.05, 0) is 49.6 Å². The van der Waals surface area contributed by atoms with Gasteiger partial charge in [-0.25, -0.2) is 14.6 Å². The number of fused-ring (bicyclic) bond motifs is 1. The molecule has 33 heavy (non-hydrogen) atoms. The van der Waals surface area contributed by atoms with Gasteiger partial charge >= 0.3 is 0 Å². The molecule has 2 aromatic heterocycles. The summed E-state index contributed by atoms with van der Waals surface area (Å²) in [6.07, 6.45) is 5.86. The quantitative estimate of drug-likeness (QED) is 0.359. The largest absolute Gasteiger partial charge is 0.494 e. The number of carbonyl (C=O) groups excluding carboxylic acids is 1. The predicted octanol–water partition coefficient (Wildman–Crippen LogP) is 3.69. The lowest BCUT2D eigenvalue weighted by molar-refractivity contribution is -0.120. The van der Waals surface area contributed by atoms with E-state index >= 15 is 0 Å². The van der Waals surface area contributed by atoms with Crippen LogP contribution in [-0.4, -0.2) is 57.6 Å². The van der Waals surface area contributed by atoms with E-state index in [-0.39, 0.29) is 5.91 Å². The van der Waals surface area contributed by atoms with Crippen molar-refractivity contribution >= 4 is 34.5 Å². The van der Waals surface area contributed by atoms with Crippen LogP contribution in [0.5, 0.6) is 5.75 Å². The van der Waals surface area contributed by atoms with Crippen LogP contribution in [0.25, 0.3) is 11.0 Å². The molecule has 1 aromatic carbocycles. The van der Waals surface area contributed by atoms with E-state index in [1.54, 1.807) is 11.8 Å². The number of ether oxygens (including phenoxy) is 1. The van der Waals surface area contributed by atoms with Crippen molar-refractivity contribution in [3.05, 3.63) is 36.0 Å². The van der Waals surface area contributed by atoms with E-state index in [1.165, 1.54) is 19.3 Å². The Morgan fingerprint density at radius 3 is 2.64 bits per heavy atom. The second-order valence-corrected chi connectivity index (χ2v) is 9.25. The molecule has 1 N–H and O–H groups in total. The van der Waals surface area contributed by atoms with Crippen molar-refractivity contribution in [3.63, 3.8) is 0 Å². The van der Waals surface area contributed by atoms with Crippen molar-refractivity contribution in [2.45, 2.75) is 51.2 Å².